The second-order valence-corrected chi connectivity index (χ2v) is 5.76. The molecule has 18 heavy (non-hydrogen) atoms. The lowest BCUT2D eigenvalue weighted by molar-refractivity contribution is -0.117. The van der Waals surface area contributed by atoms with Gasteiger partial charge in [0.05, 0.1) is 22.7 Å². The summed E-state index contributed by atoms with van der Waals surface area (Å²) in [5, 5.41) is 0.602. The lowest BCUT2D eigenvalue weighted by Crippen LogP contribution is -2.24. The van der Waals surface area contributed by atoms with Crippen molar-refractivity contribution in [3.05, 3.63) is 18.2 Å². The van der Waals surface area contributed by atoms with Crippen LogP contribution in [-0.4, -0.2) is 29.9 Å². The molecule has 1 unspecified atom stereocenters. The minimum Gasteiger partial charge on any atom is -0.497 e. The molecule has 0 spiro atoms. The van der Waals surface area contributed by atoms with Gasteiger partial charge in [0.2, 0.25) is 5.91 Å². The average Bonchev–Trinajstić information content (AvgIpc) is 2.90. The number of amides is 1. The van der Waals surface area contributed by atoms with E-state index in [1.54, 1.807) is 12.0 Å². The monoisotopic (exact) mass is 282 g/mol. The van der Waals surface area contributed by atoms with Crippen LogP contribution in [0.1, 0.15) is 6.42 Å². The minimum atomic E-state index is -0.112. The molecule has 6 heteroatoms. The number of nitrogens with zero attached hydrogens (tertiary/aromatic N) is 2. The number of anilines is 1. The Morgan fingerprint density at radius 3 is 3.06 bits per heavy atom. The fourth-order valence-corrected chi connectivity index (χ4v) is 3.23. The summed E-state index contributed by atoms with van der Waals surface area (Å²) in [6.45, 7) is 0.539. The van der Waals surface area contributed by atoms with Crippen molar-refractivity contribution in [2.75, 3.05) is 18.6 Å². The van der Waals surface area contributed by atoms with Gasteiger partial charge in [-0.1, -0.05) is 11.3 Å². The number of aromatic nitrogens is 1. The zero-order valence-corrected chi connectivity index (χ0v) is 11.3. The van der Waals surface area contributed by atoms with Crippen molar-refractivity contribution in [1.82, 2.24) is 4.98 Å². The van der Waals surface area contributed by atoms with E-state index in [1.165, 1.54) is 11.3 Å². The smallest absolute Gasteiger partial charge is 0.230 e. The first-order valence-electron chi connectivity index (χ1n) is 5.56. The quantitative estimate of drug-likeness (QED) is 0.795. The van der Waals surface area contributed by atoms with Crippen LogP contribution in [0.25, 0.3) is 10.2 Å². The third-order valence-corrected chi connectivity index (χ3v) is 4.24. The normalized spacial score (nSPS) is 19.8. The Balaban J connectivity index is 2.00. The van der Waals surface area contributed by atoms with Gasteiger partial charge in [-0.3, -0.25) is 9.69 Å². The first-order valence-corrected chi connectivity index (χ1v) is 6.81. The number of benzene rings is 1. The number of hydrogen-bond acceptors (Lipinski definition) is 4. The Kier molecular flexibility index (Phi) is 2.87. The molecule has 4 nitrogen and oxygen atoms in total. The number of halogens is 1. The van der Waals surface area contributed by atoms with Crippen LogP contribution in [0.5, 0.6) is 5.75 Å². The second-order valence-electron chi connectivity index (χ2n) is 4.14. The molecule has 1 atom stereocenters. The molecule has 1 amide bonds. The van der Waals surface area contributed by atoms with E-state index in [2.05, 4.69) is 4.98 Å². The Bertz CT molecular complexity index is 613. The summed E-state index contributed by atoms with van der Waals surface area (Å²) < 4.78 is 6.20. The predicted molar refractivity (Wildman–Crippen MR) is 72.8 cm³/mol. The molecule has 3 rings (SSSR count). The molecular formula is C12H11ClN2O2S. The maximum absolute atomic E-state index is 11.8. The zero-order valence-electron chi connectivity index (χ0n) is 9.72. The van der Waals surface area contributed by atoms with Crippen molar-refractivity contribution in [2.24, 2.45) is 0 Å². The van der Waals surface area contributed by atoms with E-state index >= 15 is 0 Å². The number of carbonyl (C=O) groups excluding carboxylic acids is 1. The fourth-order valence-electron chi connectivity index (χ4n) is 1.99. The standard InChI is InChI=1S/C12H11ClN2O2S/c1-17-8-2-3-10-9(5-8)14-12(18-10)15-6-7(13)4-11(15)16/h2-3,5,7H,4,6H2,1H3. The van der Waals surface area contributed by atoms with E-state index in [0.717, 1.165) is 16.0 Å². The van der Waals surface area contributed by atoms with Crippen molar-refractivity contribution < 1.29 is 9.53 Å². The highest BCUT2D eigenvalue weighted by atomic mass is 35.5. The molecule has 2 aromatic rings. The van der Waals surface area contributed by atoms with Crippen LogP contribution in [0, 0.1) is 0 Å². The number of hydrogen-bond donors (Lipinski definition) is 0. The molecule has 1 aliphatic heterocycles. The first kappa shape index (κ1) is 11.7. The number of ether oxygens (including phenoxy) is 1. The maximum Gasteiger partial charge on any atom is 0.230 e. The molecular weight excluding hydrogens is 272 g/mol. The Hall–Kier alpha value is -1.33. The van der Waals surface area contributed by atoms with Crippen molar-refractivity contribution in [3.8, 4) is 5.75 Å². The number of carbonyl (C=O) groups is 1. The summed E-state index contributed by atoms with van der Waals surface area (Å²) in [5.41, 5.74) is 0.847. The number of fused-ring (bicyclic) bond motifs is 1. The second kappa shape index (κ2) is 4.40. The number of thiazole rings is 1. The molecule has 1 aromatic carbocycles. The number of methoxy groups -OCH3 is 1. The van der Waals surface area contributed by atoms with Gasteiger partial charge in [-0.15, -0.1) is 11.6 Å². The van der Waals surface area contributed by atoms with Gasteiger partial charge >= 0.3 is 0 Å². The van der Waals surface area contributed by atoms with E-state index in [1.807, 2.05) is 18.2 Å². The van der Waals surface area contributed by atoms with Gasteiger partial charge in [-0.25, -0.2) is 4.98 Å². The highest BCUT2D eigenvalue weighted by Gasteiger charge is 2.31. The molecule has 0 radical (unpaired) electrons. The molecule has 1 fully saturated rings. The fraction of sp³-hybridized carbons (Fsp3) is 0.333. The van der Waals surface area contributed by atoms with Crippen LogP contribution in [0.4, 0.5) is 5.13 Å². The van der Waals surface area contributed by atoms with Gasteiger partial charge in [0, 0.05) is 19.0 Å². The van der Waals surface area contributed by atoms with Crippen molar-refractivity contribution >= 4 is 44.2 Å². The molecule has 2 heterocycles. The molecule has 0 saturated carbocycles. The van der Waals surface area contributed by atoms with Crippen LogP contribution >= 0.6 is 22.9 Å². The van der Waals surface area contributed by atoms with Gasteiger partial charge in [-0.05, 0) is 12.1 Å². The highest BCUT2D eigenvalue weighted by Crippen LogP contribution is 2.33. The van der Waals surface area contributed by atoms with Crippen LogP contribution in [0.15, 0.2) is 18.2 Å². The molecule has 0 aliphatic carbocycles. The van der Waals surface area contributed by atoms with Crippen LogP contribution in [-0.2, 0) is 4.79 Å². The summed E-state index contributed by atoms with van der Waals surface area (Å²) in [5.74, 6) is 0.809. The lowest BCUT2D eigenvalue weighted by Gasteiger charge is -2.10. The molecule has 0 N–H and O–H groups in total. The average molecular weight is 283 g/mol. The minimum absolute atomic E-state index is 0.0426. The largest absolute Gasteiger partial charge is 0.497 e. The van der Waals surface area contributed by atoms with E-state index in [-0.39, 0.29) is 11.3 Å². The van der Waals surface area contributed by atoms with Gasteiger partial charge in [0.15, 0.2) is 5.13 Å². The molecule has 1 aromatic heterocycles. The van der Waals surface area contributed by atoms with Crippen molar-refractivity contribution in [1.29, 1.82) is 0 Å². The number of alkyl halides is 1. The Morgan fingerprint density at radius 1 is 1.56 bits per heavy atom. The number of rotatable bonds is 2. The van der Waals surface area contributed by atoms with Crippen molar-refractivity contribution in [2.45, 2.75) is 11.8 Å². The maximum atomic E-state index is 11.8. The zero-order chi connectivity index (χ0) is 12.7. The summed E-state index contributed by atoms with van der Waals surface area (Å²) in [4.78, 5) is 17.9. The topological polar surface area (TPSA) is 42.4 Å². The van der Waals surface area contributed by atoms with Crippen LogP contribution < -0.4 is 9.64 Å². The first-order chi connectivity index (χ1) is 8.67. The van der Waals surface area contributed by atoms with E-state index < -0.39 is 0 Å². The lowest BCUT2D eigenvalue weighted by atomic mass is 10.3. The van der Waals surface area contributed by atoms with Gasteiger partial charge in [0.1, 0.15) is 5.75 Å². The predicted octanol–water partition coefficient (Wildman–Crippen LogP) is 2.65. The van der Waals surface area contributed by atoms with Crippen LogP contribution in [0.2, 0.25) is 0 Å². The Morgan fingerprint density at radius 2 is 2.39 bits per heavy atom. The summed E-state index contributed by atoms with van der Waals surface area (Å²) in [7, 11) is 1.62. The van der Waals surface area contributed by atoms with Gasteiger partial charge in [-0.2, -0.15) is 0 Å². The van der Waals surface area contributed by atoms with Crippen LogP contribution in [0.3, 0.4) is 0 Å². The summed E-state index contributed by atoms with van der Waals surface area (Å²) in [6.07, 6.45) is 0.390. The van der Waals surface area contributed by atoms with E-state index in [9.17, 15) is 4.79 Å². The molecule has 94 valence electrons. The van der Waals surface area contributed by atoms with E-state index in [4.69, 9.17) is 16.3 Å². The third kappa shape index (κ3) is 1.93. The van der Waals surface area contributed by atoms with Gasteiger partial charge < -0.3 is 4.74 Å². The summed E-state index contributed by atoms with van der Waals surface area (Å²) in [6, 6.07) is 5.71. The molecule has 1 aliphatic rings. The third-order valence-electron chi connectivity index (χ3n) is 2.89. The SMILES string of the molecule is COc1ccc2sc(N3CC(Cl)CC3=O)nc2c1. The Labute approximate surface area is 113 Å². The van der Waals surface area contributed by atoms with Crippen molar-refractivity contribution in [3.63, 3.8) is 0 Å². The highest BCUT2D eigenvalue weighted by molar-refractivity contribution is 7.22. The molecule has 1 saturated heterocycles. The molecule has 0 bridgehead atoms. The summed E-state index contributed by atoms with van der Waals surface area (Å²) >= 11 is 7.49. The van der Waals surface area contributed by atoms with E-state index in [0.29, 0.717) is 18.1 Å². The van der Waals surface area contributed by atoms with Gasteiger partial charge in [0.25, 0.3) is 0 Å².